The van der Waals surface area contributed by atoms with Gasteiger partial charge in [-0.25, -0.2) is 0 Å². The van der Waals surface area contributed by atoms with E-state index in [1.165, 1.54) is 48.2 Å². The van der Waals surface area contributed by atoms with Gasteiger partial charge in [-0.3, -0.25) is 4.98 Å². The zero-order valence-electron chi connectivity index (χ0n) is 21.8. The second-order valence-corrected chi connectivity index (χ2v) is 12.5. The Kier molecular flexibility index (Phi) is 5.31. The second kappa shape index (κ2) is 8.31. The molecule has 0 aliphatic rings. The Balaban J connectivity index is 1.59. The molecule has 3 heterocycles. The van der Waals surface area contributed by atoms with E-state index in [-0.39, 0.29) is 5.41 Å². The first kappa shape index (κ1) is 23.0. The Labute approximate surface area is 216 Å². The Morgan fingerprint density at radius 2 is 1.53 bits per heavy atom. The lowest BCUT2D eigenvalue weighted by atomic mass is 9.83. The smallest absolute Gasteiger partial charge is 0.153 e. The van der Waals surface area contributed by atoms with E-state index in [9.17, 15) is 0 Å². The summed E-state index contributed by atoms with van der Waals surface area (Å²) in [5.41, 5.74) is 10.5. The van der Waals surface area contributed by atoms with Gasteiger partial charge in [0.2, 0.25) is 0 Å². The maximum absolute atomic E-state index is 6.63. The molecule has 0 saturated heterocycles. The first-order valence-electron chi connectivity index (χ1n) is 12.6. The number of nitrogens with zero attached hydrogens (tertiary/aromatic N) is 1. The highest BCUT2D eigenvalue weighted by Gasteiger charge is 2.21. The van der Waals surface area contributed by atoms with Gasteiger partial charge in [0.25, 0.3) is 0 Å². The van der Waals surface area contributed by atoms with Crippen molar-refractivity contribution in [3.63, 3.8) is 0 Å². The van der Waals surface area contributed by atoms with Crippen LogP contribution in [0.4, 0.5) is 0 Å². The van der Waals surface area contributed by atoms with Crippen LogP contribution >= 0.6 is 11.3 Å². The van der Waals surface area contributed by atoms with Gasteiger partial charge in [-0.05, 0) is 84.5 Å². The van der Waals surface area contributed by atoms with Crippen molar-refractivity contribution in [2.45, 2.75) is 48.0 Å². The SMILES string of the molecule is Cc1cc2ccc3c4cccc(-c5cc(CC(C)(C)C)c(-c6c(C)cccc6C)cn5)c4oc3c2s1. The average molecular weight is 490 g/mol. The van der Waals surface area contributed by atoms with E-state index >= 15 is 0 Å². The van der Waals surface area contributed by atoms with Crippen LogP contribution in [0.1, 0.15) is 42.3 Å². The molecule has 0 bridgehead atoms. The number of aromatic nitrogens is 1. The van der Waals surface area contributed by atoms with Crippen LogP contribution in [-0.4, -0.2) is 4.98 Å². The number of furan rings is 1. The molecule has 0 atom stereocenters. The van der Waals surface area contributed by atoms with E-state index in [4.69, 9.17) is 9.40 Å². The molecule has 0 aliphatic heterocycles. The summed E-state index contributed by atoms with van der Waals surface area (Å²) in [6.07, 6.45) is 3.05. The van der Waals surface area contributed by atoms with Crippen molar-refractivity contribution in [3.05, 3.63) is 88.4 Å². The molecule has 0 spiro atoms. The summed E-state index contributed by atoms with van der Waals surface area (Å²) < 4.78 is 7.85. The molecular formula is C33H31NOS. The van der Waals surface area contributed by atoms with Gasteiger partial charge in [0.1, 0.15) is 5.58 Å². The molecule has 6 aromatic rings. The molecule has 3 aromatic heterocycles. The zero-order valence-corrected chi connectivity index (χ0v) is 22.6. The normalized spacial score (nSPS) is 12.3. The van der Waals surface area contributed by atoms with Crippen molar-refractivity contribution >= 4 is 43.4 Å². The van der Waals surface area contributed by atoms with E-state index in [0.29, 0.717) is 0 Å². The van der Waals surface area contributed by atoms with Gasteiger partial charge < -0.3 is 4.42 Å². The Morgan fingerprint density at radius 3 is 2.28 bits per heavy atom. The minimum absolute atomic E-state index is 0.151. The number of para-hydroxylation sites is 1. The highest BCUT2D eigenvalue weighted by atomic mass is 32.1. The summed E-state index contributed by atoms with van der Waals surface area (Å²) in [5, 5.41) is 3.56. The summed E-state index contributed by atoms with van der Waals surface area (Å²) >= 11 is 1.80. The highest BCUT2D eigenvalue weighted by Crippen LogP contribution is 2.42. The third-order valence-corrected chi connectivity index (χ3v) is 8.08. The number of hydrogen-bond donors (Lipinski definition) is 0. The first-order chi connectivity index (χ1) is 17.2. The molecule has 0 saturated carbocycles. The third kappa shape index (κ3) is 3.83. The summed E-state index contributed by atoms with van der Waals surface area (Å²) in [6.45, 7) is 13.4. The van der Waals surface area contributed by atoms with Crippen LogP contribution in [0, 0.1) is 26.2 Å². The van der Waals surface area contributed by atoms with Crippen molar-refractivity contribution in [1.29, 1.82) is 0 Å². The van der Waals surface area contributed by atoms with Gasteiger partial charge in [-0.1, -0.05) is 57.2 Å². The molecule has 2 nitrogen and oxygen atoms in total. The number of rotatable bonds is 3. The first-order valence-corrected chi connectivity index (χ1v) is 13.4. The lowest BCUT2D eigenvalue weighted by molar-refractivity contribution is 0.411. The molecule has 3 aromatic carbocycles. The predicted octanol–water partition coefficient (Wildman–Crippen LogP) is 10.0. The number of benzene rings is 3. The van der Waals surface area contributed by atoms with E-state index in [1.54, 1.807) is 11.3 Å². The molecule has 36 heavy (non-hydrogen) atoms. The molecule has 180 valence electrons. The molecule has 0 unspecified atom stereocenters. The molecule has 0 aliphatic carbocycles. The number of hydrogen-bond acceptors (Lipinski definition) is 3. The fourth-order valence-electron chi connectivity index (χ4n) is 5.51. The predicted molar refractivity (Wildman–Crippen MR) is 155 cm³/mol. The largest absolute Gasteiger partial charge is 0.454 e. The van der Waals surface area contributed by atoms with Crippen molar-refractivity contribution in [2.75, 3.05) is 0 Å². The second-order valence-electron chi connectivity index (χ2n) is 11.2. The molecule has 0 radical (unpaired) electrons. The standard InChI is InChI=1S/C33H31NOS/c1-19-9-7-10-20(2)29(19)27-18-34-28(16-23(27)17-33(4,5)6)26-12-8-11-24-25-14-13-22-15-21(3)36-32(22)31(25)35-30(24)26/h7-16,18H,17H2,1-6H3. The van der Waals surface area contributed by atoms with E-state index < -0.39 is 0 Å². The number of aryl methyl sites for hydroxylation is 3. The maximum Gasteiger partial charge on any atom is 0.153 e. The highest BCUT2D eigenvalue weighted by molar-refractivity contribution is 7.19. The van der Waals surface area contributed by atoms with E-state index in [1.807, 2.05) is 0 Å². The molecule has 3 heteroatoms. The molecule has 0 fully saturated rings. The fraction of sp³-hybridized carbons (Fsp3) is 0.242. The van der Waals surface area contributed by atoms with Gasteiger partial charge in [0.05, 0.1) is 10.4 Å². The quantitative estimate of drug-likeness (QED) is 0.247. The van der Waals surface area contributed by atoms with Crippen LogP contribution in [0.25, 0.3) is 54.4 Å². The minimum Gasteiger partial charge on any atom is -0.454 e. The van der Waals surface area contributed by atoms with Crippen LogP contribution in [-0.2, 0) is 6.42 Å². The fourth-order valence-corrected chi connectivity index (χ4v) is 6.51. The zero-order chi connectivity index (χ0) is 25.2. The lowest BCUT2D eigenvalue weighted by Gasteiger charge is -2.22. The molecular weight excluding hydrogens is 458 g/mol. The van der Waals surface area contributed by atoms with Crippen molar-refractivity contribution < 1.29 is 4.42 Å². The van der Waals surface area contributed by atoms with Crippen molar-refractivity contribution in [2.24, 2.45) is 5.41 Å². The topological polar surface area (TPSA) is 26.0 Å². The maximum atomic E-state index is 6.63. The van der Waals surface area contributed by atoms with E-state index in [2.05, 4.69) is 108 Å². The van der Waals surface area contributed by atoms with Gasteiger partial charge in [0, 0.05) is 33.0 Å². The van der Waals surface area contributed by atoms with Gasteiger partial charge >= 0.3 is 0 Å². The Morgan fingerprint density at radius 1 is 0.806 bits per heavy atom. The minimum atomic E-state index is 0.151. The molecule has 6 rings (SSSR count). The van der Waals surface area contributed by atoms with Gasteiger partial charge in [-0.15, -0.1) is 11.3 Å². The van der Waals surface area contributed by atoms with Crippen molar-refractivity contribution in [3.8, 4) is 22.4 Å². The Hall–Kier alpha value is -3.43. The summed E-state index contributed by atoms with van der Waals surface area (Å²) in [4.78, 5) is 6.33. The third-order valence-electron chi connectivity index (χ3n) is 7.01. The monoisotopic (exact) mass is 489 g/mol. The van der Waals surface area contributed by atoms with E-state index in [0.717, 1.165) is 34.2 Å². The number of thiophene rings is 1. The number of fused-ring (bicyclic) bond motifs is 5. The Bertz CT molecular complexity index is 1760. The van der Waals surface area contributed by atoms with Crippen LogP contribution in [0.15, 0.2) is 71.3 Å². The van der Waals surface area contributed by atoms with Crippen LogP contribution in [0.5, 0.6) is 0 Å². The summed E-state index contributed by atoms with van der Waals surface area (Å²) in [6, 6.07) is 21.9. The number of pyridine rings is 1. The summed E-state index contributed by atoms with van der Waals surface area (Å²) in [7, 11) is 0. The lowest BCUT2D eigenvalue weighted by Crippen LogP contribution is -2.11. The van der Waals surface area contributed by atoms with Gasteiger partial charge in [-0.2, -0.15) is 0 Å². The molecule has 0 amide bonds. The van der Waals surface area contributed by atoms with Crippen LogP contribution in [0.3, 0.4) is 0 Å². The van der Waals surface area contributed by atoms with Crippen molar-refractivity contribution in [1.82, 2.24) is 4.98 Å². The molecule has 0 N–H and O–H groups in total. The van der Waals surface area contributed by atoms with Crippen LogP contribution < -0.4 is 0 Å². The summed E-state index contributed by atoms with van der Waals surface area (Å²) in [5.74, 6) is 0. The van der Waals surface area contributed by atoms with Gasteiger partial charge in [0.15, 0.2) is 5.58 Å². The average Bonchev–Trinajstić information content (AvgIpc) is 3.38. The van der Waals surface area contributed by atoms with Crippen LogP contribution in [0.2, 0.25) is 0 Å².